The summed E-state index contributed by atoms with van der Waals surface area (Å²) in [6, 6.07) is 18.3. The number of halogens is 1. The van der Waals surface area contributed by atoms with Gasteiger partial charge in [0.2, 0.25) is 5.91 Å². The molecule has 0 spiro atoms. The Hall–Kier alpha value is -2.01. The lowest BCUT2D eigenvalue weighted by Crippen LogP contribution is -2.48. The molecule has 0 saturated carbocycles. The number of hydrazine groups is 1. The van der Waals surface area contributed by atoms with Crippen LogP contribution in [0.1, 0.15) is 20.3 Å². The van der Waals surface area contributed by atoms with E-state index in [0.717, 1.165) is 22.3 Å². The van der Waals surface area contributed by atoms with Crippen molar-refractivity contribution in [3.63, 3.8) is 0 Å². The third kappa shape index (κ3) is 3.34. The van der Waals surface area contributed by atoms with Gasteiger partial charge < -0.3 is 5.32 Å². The lowest BCUT2D eigenvalue weighted by molar-refractivity contribution is -0.129. The van der Waals surface area contributed by atoms with Gasteiger partial charge >= 0.3 is 0 Å². The first-order valence-electron chi connectivity index (χ1n) is 7.72. The number of nitrogens with one attached hydrogen (secondary N) is 1. The van der Waals surface area contributed by atoms with Gasteiger partial charge in [-0.3, -0.25) is 9.80 Å². The molecule has 2 aromatic rings. The Balaban J connectivity index is 1.86. The van der Waals surface area contributed by atoms with Gasteiger partial charge in [0, 0.05) is 23.5 Å². The molecule has 1 aliphatic heterocycles. The molecule has 4 nitrogen and oxygen atoms in total. The second kappa shape index (κ2) is 6.62. The Bertz CT molecular complexity index is 674. The minimum atomic E-state index is -0.0520. The number of amides is 1. The number of hydrogen-bond donors (Lipinski definition) is 1. The minimum Gasteiger partial charge on any atom is -0.364 e. The van der Waals surface area contributed by atoms with Crippen molar-refractivity contribution in [2.24, 2.45) is 0 Å². The van der Waals surface area contributed by atoms with Crippen molar-refractivity contribution in [3.05, 3.63) is 59.1 Å². The lowest BCUT2D eigenvalue weighted by Gasteiger charge is -2.35. The molecule has 5 heteroatoms. The quantitative estimate of drug-likeness (QED) is 0.873. The molecule has 120 valence electrons. The van der Waals surface area contributed by atoms with Gasteiger partial charge in [0.25, 0.3) is 0 Å². The van der Waals surface area contributed by atoms with Gasteiger partial charge in [0.1, 0.15) is 6.17 Å². The third-order valence-corrected chi connectivity index (χ3v) is 4.56. The van der Waals surface area contributed by atoms with E-state index >= 15 is 0 Å². The molecule has 0 radical (unpaired) electrons. The number of rotatable bonds is 3. The van der Waals surface area contributed by atoms with Crippen LogP contribution >= 0.6 is 15.9 Å². The van der Waals surface area contributed by atoms with Crippen LogP contribution in [0.2, 0.25) is 0 Å². The molecule has 0 bridgehead atoms. The van der Waals surface area contributed by atoms with E-state index < -0.39 is 0 Å². The third-order valence-electron chi connectivity index (χ3n) is 4.03. The Morgan fingerprint density at radius 3 is 2.39 bits per heavy atom. The number of anilines is 2. The first-order chi connectivity index (χ1) is 11.1. The molecule has 1 amide bonds. The van der Waals surface area contributed by atoms with Gasteiger partial charge in [-0.25, -0.2) is 5.01 Å². The van der Waals surface area contributed by atoms with Gasteiger partial charge in [0.15, 0.2) is 0 Å². The highest BCUT2D eigenvalue weighted by Crippen LogP contribution is 2.31. The highest BCUT2D eigenvalue weighted by molar-refractivity contribution is 9.10. The monoisotopic (exact) mass is 373 g/mol. The fourth-order valence-electron chi connectivity index (χ4n) is 3.07. The molecule has 23 heavy (non-hydrogen) atoms. The Labute approximate surface area is 145 Å². The van der Waals surface area contributed by atoms with Crippen LogP contribution < -0.4 is 10.3 Å². The molecule has 2 atom stereocenters. The zero-order chi connectivity index (χ0) is 16.4. The van der Waals surface area contributed by atoms with E-state index in [0.29, 0.717) is 0 Å². The Morgan fingerprint density at radius 1 is 1.13 bits per heavy atom. The predicted octanol–water partition coefficient (Wildman–Crippen LogP) is 4.25. The average Bonchev–Trinajstić information content (AvgIpc) is 2.87. The fourth-order valence-corrected chi connectivity index (χ4v) is 3.34. The van der Waals surface area contributed by atoms with Crippen LogP contribution in [0.3, 0.4) is 0 Å². The summed E-state index contributed by atoms with van der Waals surface area (Å²) >= 11 is 3.44. The average molecular weight is 374 g/mol. The van der Waals surface area contributed by atoms with Crippen molar-refractivity contribution >= 4 is 33.2 Å². The van der Waals surface area contributed by atoms with E-state index in [1.54, 1.807) is 6.92 Å². The topological polar surface area (TPSA) is 35.6 Å². The van der Waals surface area contributed by atoms with Gasteiger partial charge in [-0.1, -0.05) is 34.1 Å². The first kappa shape index (κ1) is 15.9. The highest BCUT2D eigenvalue weighted by atomic mass is 79.9. The van der Waals surface area contributed by atoms with Crippen molar-refractivity contribution in [2.75, 3.05) is 10.3 Å². The maximum atomic E-state index is 12.3. The van der Waals surface area contributed by atoms with E-state index in [1.807, 2.05) is 59.6 Å². The second-order valence-electron chi connectivity index (χ2n) is 5.80. The summed E-state index contributed by atoms with van der Waals surface area (Å²) in [7, 11) is 0. The van der Waals surface area contributed by atoms with Crippen LogP contribution in [0.15, 0.2) is 59.1 Å². The second-order valence-corrected chi connectivity index (χ2v) is 6.71. The SMILES string of the molecule is CC(=O)N1[C@@H](Nc2ccc(Br)cc2)C[C@@H](C)N1c1ccccc1. The van der Waals surface area contributed by atoms with Crippen LogP contribution in [-0.4, -0.2) is 23.1 Å². The summed E-state index contributed by atoms with van der Waals surface area (Å²) in [5.41, 5.74) is 2.04. The molecule has 1 aliphatic rings. The predicted molar refractivity (Wildman–Crippen MR) is 97.1 cm³/mol. The van der Waals surface area contributed by atoms with Crippen molar-refractivity contribution in [3.8, 4) is 0 Å². The normalized spacial score (nSPS) is 20.7. The molecular weight excluding hydrogens is 354 g/mol. The van der Waals surface area contributed by atoms with E-state index in [4.69, 9.17) is 0 Å². The van der Waals surface area contributed by atoms with Gasteiger partial charge in [0.05, 0.1) is 11.7 Å². The zero-order valence-corrected chi connectivity index (χ0v) is 14.8. The molecule has 2 aromatic carbocycles. The zero-order valence-electron chi connectivity index (χ0n) is 13.2. The number of benzene rings is 2. The number of para-hydroxylation sites is 1. The van der Waals surface area contributed by atoms with Crippen LogP contribution in [0, 0.1) is 0 Å². The van der Waals surface area contributed by atoms with E-state index in [-0.39, 0.29) is 18.1 Å². The van der Waals surface area contributed by atoms with Crippen LogP contribution in [-0.2, 0) is 4.79 Å². The van der Waals surface area contributed by atoms with Crippen molar-refractivity contribution < 1.29 is 4.79 Å². The number of carbonyl (C=O) groups excluding carboxylic acids is 1. The van der Waals surface area contributed by atoms with Crippen molar-refractivity contribution in [2.45, 2.75) is 32.5 Å². The maximum Gasteiger partial charge on any atom is 0.239 e. The first-order valence-corrected chi connectivity index (χ1v) is 8.51. The van der Waals surface area contributed by atoms with Crippen LogP contribution in [0.5, 0.6) is 0 Å². The molecule has 1 fully saturated rings. The smallest absolute Gasteiger partial charge is 0.239 e. The van der Waals surface area contributed by atoms with Crippen molar-refractivity contribution in [1.82, 2.24) is 5.01 Å². The maximum absolute atomic E-state index is 12.3. The van der Waals surface area contributed by atoms with E-state index in [2.05, 4.69) is 33.2 Å². The Kier molecular flexibility index (Phi) is 4.57. The summed E-state index contributed by atoms with van der Waals surface area (Å²) < 4.78 is 1.04. The summed E-state index contributed by atoms with van der Waals surface area (Å²) in [5.74, 6) is 0.0350. The van der Waals surface area contributed by atoms with Crippen LogP contribution in [0.25, 0.3) is 0 Å². The fraction of sp³-hybridized carbons (Fsp3) is 0.278. The summed E-state index contributed by atoms with van der Waals surface area (Å²) in [6.07, 6.45) is 0.814. The lowest BCUT2D eigenvalue weighted by atomic mass is 10.2. The van der Waals surface area contributed by atoms with E-state index in [9.17, 15) is 4.79 Å². The number of carbonyl (C=O) groups is 1. The van der Waals surface area contributed by atoms with Gasteiger partial charge in [-0.05, 0) is 43.3 Å². The summed E-state index contributed by atoms with van der Waals surface area (Å²) in [5, 5.41) is 7.38. The molecule has 1 N–H and O–H groups in total. The Morgan fingerprint density at radius 2 is 1.78 bits per heavy atom. The van der Waals surface area contributed by atoms with E-state index in [1.165, 1.54) is 0 Å². The number of hydrogen-bond acceptors (Lipinski definition) is 3. The molecule has 1 heterocycles. The molecular formula is C18H20BrN3O. The summed E-state index contributed by atoms with van der Waals surface area (Å²) in [6.45, 7) is 3.76. The standard InChI is InChI=1S/C18H20BrN3O/c1-13-12-18(20-16-10-8-15(19)9-11-16)22(14(2)23)21(13)17-6-4-3-5-7-17/h3-11,13,18,20H,12H2,1-2H3/t13-,18-/m1/s1. The molecule has 0 aromatic heterocycles. The largest absolute Gasteiger partial charge is 0.364 e. The van der Waals surface area contributed by atoms with Gasteiger partial charge in [-0.2, -0.15) is 0 Å². The highest BCUT2D eigenvalue weighted by Gasteiger charge is 2.38. The molecule has 1 saturated heterocycles. The van der Waals surface area contributed by atoms with Crippen molar-refractivity contribution in [1.29, 1.82) is 0 Å². The number of nitrogens with zero attached hydrogens (tertiary/aromatic N) is 2. The summed E-state index contributed by atoms with van der Waals surface area (Å²) in [4.78, 5) is 12.3. The van der Waals surface area contributed by atoms with Crippen LogP contribution in [0.4, 0.5) is 11.4 Å². The molecule has 0 aliphatic carbocycles. The minimum absolute atomic E-state index is 0.0350. The molecule has 0 unspecified atom stereocenters. The van der Waals surface area contributed by atoms with Gasteiger partial charge in [-0.15, -0.1) is 0 Å². The molecule has 3 rings (SSSR count).